The molecular formula is C7H8BrNO2S. The number of rotatable bonds is 3. The van der Waals surface area contributed by atoms with Gasteiger partial charge in [0.1, 0.15) is 0 Å². The van der Waals surface area contributed by atoms with E-state index in [0.717, 1.165) is 10.9 Å². The summed E-state index contributed by atoms with van der Waals surface area (Å²) in [6.07, 6.45) is 0. The second-order valence-electron chi connectivity index (χ2n) is 2.20. The molecule has 0 aliphatic rings. The quantitative estimate of drug-likeness (QED) is 0.631. The molecule has 0 saturated heterocycles. The summed E-state index contributed by atoms with van der Waals surface area (Å²) in [5.74, 6) is 0. The molecule has 0 saturated carbocycles. The van der Waals surface area contributed by atoms with Crippen LogP contribution >= 0.6 is 15.9 Å². The van der Waals surface area contributed by atoms with Crippen LogP contribution in [0.15, 0.2) is 24.3 Å². The first kappa shape index (κ1) is 9.54. The maximum Gasteiger partial charge on any atom is 0.222 e. The highest BCUT2D eigenvalue weighted by atomic mass is 79.9. The van der Waals surface area contributed by atoms with E-state index in [1.165, 1.54) is 0 Å². The predicted octanol–water partition coefficient (Wildman–Crippen LogP) is 1.52. The van der Waals surface area contributed by atoms with Crippen LogP contribution in [0.2, 0.25) is 0 Å². The molecule has 1 aromatic rings. The molecule has 1 aromatic carbocycles. The Balaban J connectivity index is 2.77. The summed E-state index contributed by atoms with van der Waals surface area (Å²) in [6, 6.07) is 7.16. The minimum absolute atomic E-state index is 0.593. The Hall–Kier alpha value is -0.550. The van der Waals surface area contributed by atoms with Gasteiger partial charge in [-0.1, -0.05) is 28.1 Å². The molecule has 0 atom stereocenters. The summed E-state index contributed by atoms with van der Waals surface area (Å²) < 4.78 is 22.8. The summed E-state index contributed by atoms with van der Waals surface area (Å²) in [4.78, 5) is 0. The third kappa shape index (κ3) is 2.83. The first-order valence-corrected chi connectivity index (χ1v) is 5.58. The zero-order valence-electron chi connectivity index (χ0n) is 6.16. The third-order valence-electron chi connectivity index (χ3n) is 1.33. The van der Waals surface area contributed by atoms with Gasteiger partial charge in [0.05, 0.1) is 0 Å². The molecule has 66 valence electrons. The minimum atomic E-state index is -2.55. The van der Waals surface area contributed by atoms with E-state index in [1.54, 1.807) is 12.1 Å². The molecule has 1 rings (SSSR count). The van der Waals surface area contributed by atoms with Crippen LogP contribution in [0.3, 0.4) is 0 Å². The van der Waals surface area contributed by atoms with Crippen LogP contribution in [0, 0.1) is 0 Å². The summed E-state index contributed by atoms with van der Waals surface area (Å²) >= 11 is 3.29. The van der Waals surface area contributed by atoms with Gasteiger partial charge < -0.3 is 0 Å². The minimum Gasteiger partial charge on any atom is -0.286 e. The fourth-order valence-corrected chi connectivity index (χ4v) is 1.51. The Morgan fingerprint density at radius 1 is 1.25 bits per heavy atom. The standard InChI is InChI=1S/C7H8BrNO2S/c8-5-6-1-3-7(4-2-6)9-12(10)11/h1-4,12H,5H2,(H,9,10,11). The van der Waals surface area contributed by atoms with E-state index < -0.39 is 10.9 Å². The molecule has 0 bridgehead atoms. The van der Waals surface area contributed by atoms with Crippen molar-refractivity contribution in [3.8, 4) is 0 Å². The van der Waals surface area contributed by atoms with Crippen molar-refractivity contribution in [1.82, 2.24) is 0 Å². The van der Waals surface area contributed by atoms with Gasteiger partial charge in [0.2, 0.25) is 10.9 Å². The van der Waals surface area contributed by atoms with Gasteiger partial charge in [-0.05, 0) is 17.7 Å². The van der Waals surface area contributed by atoms with Crippen LogP contribution in [0.5, 0.6) is 0 Å². The Bertz CT molecular complexity index is 313. The number of halogens is 1. The van der Waals surface area contributed by atoms with Crippen molar-refractivity contribution >= 4 is 32.5 Å². The molecular weight excluding hydrogens is 242 g/mol. The molecule has 0 fully saturated rings. The Morgan fingerprint density at radius 2 is 1.83 bits per heavy atom. The number of nitrogens with one attached hydrogen (secondary N) is 1. The smallest absolute Gasteiger partial charge is 0.222 e. The predicted molar refractivity (Wildman–Crippen MR) is 53.0 cm³/mol. The monoisotopic (exact) mass is 249 g/mol. The zero-order valence-corrected chi connectivity index (χ0v) is 8.64. The Kier molecular flexibility index (Phi) is 3.55. The van der Waals surface area contributed by atoms with Crippen LogP contribution in [0.25, 0.3) is 0 Å². The fourth-order valence-electron chi connectivity index (χ4n) is 0.774. The summed E-state index contributed by atoms with van der Waals surface area (Å²) in [7, 11) is -2.55. The topological polar surface area (TPSA) is 46.2 Å². The zero-order chi connectivity index (χ0) is 8.97. The second-order valence-corrected chi connectivity index (χ2v) is 3.50. The third-order valence-corrected chi connectivity index (χ3v) is 2.42. The maximum atomic E-state index is 10.2. The molecule has 0 spiro atoms. The molecule has 0 radical (unpaired) electrons. The van der Waals surface area contributed by atoms with E-state index in [4.69, 9.17) is 0 Å². The van der Waals surface area contributed by atoms with Crippen molar-refractivity contribution in [2.45, 2.75) is 5.33 Å². The van der Waals surface area contributed by atoms with Crippen LogP contribution < -0.4 is 4.72 Å². The van der Waals surface area contributed by atoms with Gasteiger partial charge in [0, 0.05) is 11.0 Å². The largest absolute Gasteiger partial charge is 0.286 e. The Morgan fingerprint density at radius 3 is 2.25 bits per heavy atom. The lowest BCUT2D eigenvalue weighted by molar-refractivity contribution is 0.619. The van der Waals surface area contributed by atoms with Gasteiger partial charge >= 0.3 is 0 Å². The number of alkyl halides is 1. The summed E-state index contributed by atoms with van der Waals surface area (Å²) in [5, 5.41) is 0.775. The number of anilines is 1. The highest BCUT2D eigenvalue weighted by Crippen LogP contribution is 2.11. The van der Waals surface area contributed by atoms with Crippen molar-refractivity contribution < 1.29 is 8.42 Å². The van der Waals surface area contributed by atoms with E-state index in [2.05, 4.69) is 20.7 Å². The van der Waals surface area contributed by atoms with E-state index in [9.17, 15) is 8.42 Å². The average molecular weight is 250 g/mol. The van der Waals surface area contributed by atoms with Gasteiger partial charge in [-0.3, -0.25) is 4.72 Å². The van der Waals surface area contributed by atoms with Gasteiger partial charge in [0.25, 0.3) is 0 Å². The van der Waals surface area contributed by atoms with Gasteiger partial charge in [-0.25, -0.2) is 8.42 Å². The van der Waals surface area contributed by atoms with Gasteiger partial charge in [-0.15, -0.1) is 0 Å². The van der Waals surface area contributed by atoms with Crippen molar-refractivity contribution in [1.29, 1.82) is 0 Å². The lowest BCUT2D eigenvalue weighted by Crippen LogP contribution is -1.94. The van der Waals surface area contributed by atoms with Crippen LogP contribution in [-0.4, -0.2) is 8.42 Å². The normalized spacial score (nSPS) is 10.2. The van der Waals surface area contributed by atoms with E-state index in [0.29, 0.717) is 5.69 Å². The summed E-state index contributed by atoms with van der Waals surface area (Å²) in [6.45, 7) is 0. The van der Waals surface area contributed by atoms with Gasteiger partial charge in [-0.2, -0.15) is 0 Å². The number of hydrogen-bond acceptors (Lipinski definition) is 2. The maximum absolute atomic E-state index is 10.2. The summed E-state index contributed by atoms with van der Waals surface area (Å²) in [5.41, 5.74) is 1.71. The highest BCUT2D eigenvalue weighted by molar-refractivity contribution is 9.08. The molecule has 3 nitrogen and oxygen atoms in total. The first-order valence-electron chi connectivity index (χ1n) is 3.28. The fraction of sp³-hybridized carbons (Fsp3) is 0.143. The number of thiol groups is 1. The molecule has 1 N–H and O–H groups in total. The average Bonchev–Trinajstić information content (AvgIpc) is 2.05. The molecule has 0 aliphatic heterocycles. The van der Waals surface area contributed by atoms with Crippen molar-refractivity contribution in [3.63, 3.8) is 0 Å². The second kappa shape index (κ2) is 4.47. The van der Waals surface area contributed by atoms with Crippen molar-refractivity contribution in [3.05, 3.63) is 29.8 Å². The molecule has 0 amide bonds. The first-order chi connectivity index (χ1) is 5.72. The number of hydrogen-bond donors (Lipinski definition) is 2. The molecule has 0 aromatic heterocycles. The van der Waals surface area contributed by atoms with E-state index in [-0.39, 0.29) is 0 Å². The SMILES string of the molecule is O=[SH](=O)Nc1ccc(CBr)cc1. The molecule has 5 heteroatoms. The van der Waals surface area contributed by atoms with Crippen molar-refractivity contribution in [2.24, 2.45) is 0 Å². The molecule has 0 aliphatic carbocycles. The van der Waals surface area contributed by atoms with Crippen LogP contribution in [-0.2, 0) is 16.2 Å². The van der Waals surface area contributed by atoms with E-state index >= 15 is 0 Å². The molecule has 0 heterocycles. The van der Waals surface area contributed by atoms with Crippen molar-refractivity contribution in [2.75, 3.05) is 4.72 Å². The molecule has 0 unspecified atom stereocenters. The lowest BCUT2D eigenvalue weighted by atomic mass is 10.2. The van der Waals surface area contributed by atoms with Crippen LogP contribution in [0.4, 0.5) is 5.69 Å². The van der Waals surface area contributed by atoms with E-state index in [1.807, 2.05) is 12.1 Å². The molecule has 12 heavy (non-hydrogen) atoms. The highest BCUT2D eigenvalue weighted by Gasteiger charge is 1.92. The Labute approximate surface area is 81.0 Å². The lowest BCUT2D eigenvalue weighted by Gasteiger charge is -1.98. The van der Waals surface area contributed by atoms with Gasteiger partial charge in [0.15, 0.2) is 0 Å². The van der Waals surface area contributed by atoms with Crippen LogP contribution in [0.1, 0.15) is 5.56 Å². The number of benzene rings is 1.